The molecule has 5 N–H and O–H groups in total. The normalized spacial score (nSPS) is 12.1. The lowest BCUT2D eigenvalue weighted by Crippen LogP contribution is -2.28. The van der Waals surface area contributed by atoms with Gasteiger partial charge in [-0.15, -0.1) is 0 Å². The first-order chi connectivity index (χ1) is 18.7. The maximum Gasteiger partial charge on any atom is 0.266 e. The van der Waals surface area contributed by atoms with E-state index < -0.39 is 16.1 Å². The first kappa shape index (κ1) is 25.5. The van der Waals surface area contributed by atoms with Gasteiger partial charge in [-0.3, -0.25) is 9.36 Å². The van der Waals surface area contributed by atoms with Crippen molar-refractivity contribution in [2.45, 2.75) is 17.9 Å². The van der Waals surface area contributed by atoms with Crippen molar-refractivity contribution in [1.82, 2.24) is 19.5 Å². The van der Waals surface area contributed by atoms with Crippen molar-refractivity contribution < 1.29 is 8.42 Å². The smallest absolute Gasteiger partial charge is 0.266 e. The maximum absolute atomic E-state index is 14.2. The van der Waals surface area contributed by atoms with E-state index in [1.165, 1.54) is 22.9 Å². The highest BCUT2D eigenvalue weighted by Gasteiger charge is 2.21. The molecule has 0 amide bonds. The van der Waals surface area contributed by atoms with Crippen LogP contribution in [-0.4, -0.2) is 27.9 Å². The molecule has 0 bridgehead atoms. The quantitative estimate of drug-likeness (QED) is 0.292. The van der Waals surface area contributed by atoms with E-state index in [4.69, 9.17) is 15.9 Å². The molecule has 11 nitrogen and oxygen atoms in total. The van der Waals surface area contributed by atoms with Crippen LogP contribution in [0.3, 0.4) is 0 Å². The number of benzene rings is 3. The van der Waals surface area contributed by atoms with E-state index in [1.807, 2.05) is 24.3 Å². The standard InChI is InChI=1S/C27H22N8O3S/c1-16(32-24-18(14-28)15-31-27(29)34-24)25-33-22-9-5-8-21(17-10-12-20(13-11-17)39(30,37)38)23(22)26(36)35(25)19-6-3-2-4-7-19/h2-13,15-16H,1H3,(H2,30,37,38)(H3,29,31,32,34). The van der Waals surface area contributed by atoms with Gasteiger partial charge < -0.3 is 11.1 Å². The number of primary sulfonamides is 1. The van der Waals surface area contributed by atoms with E-state index in [-0.39, 0.29) is 27.8 Å². The minimum Gasteiger partial charge on any atom is -0.368 e. The van der Waals surface area contributed by atoms with Gasteiger partial charge >= 0.3 is 0 Å². The van der Waals surface area contributed by atoms with Crippen LogP contribution in [0, 0.1) is 11.3 Å². The van der Waals surface area contributed by atoms with Crippen molar-refractivity contribution in [2.24, 2.45) is 5.14 Å². The molecule has 2 heterocycles. The van der Waals surface area contributed by atoms with Crippen LogP contribution in [0.4, 0.5) is 11.8 Å². The second kappa shape index (κ2) is 9.97. The lowest BCUT2D eigenvalue weighted by Gasteiger charge is -2.21. The Balaban J connectivity index is 1.72. The Morgan fingerprint density at radius 2 is 1.72 bits per heavy atom. The fraction of sp³-hybridized carbons (Fsp3) is 0.0741. The third-order valence-corrected chi connectivity index (χ3v) is 7.03. The zero-order chi connectivity index (χ0) is 27.7. The Hall–Kier alpha value is -5.12. The van der Waals surface area contributed by atoms with Gasteiger partial charge in [-0.25, -0.2) is 23.5 Å². The second-order valence-electron chi connectivity index (χ2n) is 8.68. The number of aromatic nitrogens is 4. The average molecular weight is 539 g/mol. The largest absolute Gasteiger partial charge is 0.368 e. The highest BCUT2D eigenvalue weighted by atomic mass is 32.2. The molecule has 12 heteroatoms. The van der Waals surface area contributed by atoms with Crippen LogP contribution in [-0.2, 0) is 10.0 Å². The Morgan fingerprint density at radius 3 is 2.38 bits per heavy atom. The molecule has 0 aliphatic rings. The van der Waals surface area contributed by atoms with Crippen molar-refractivity contribution in [3.8, 4) is 22.9 Å². The average Bonchev–Trinajstić information content (AvgIpc) is 2.93. The van der Waals surface area contributed by atoms with Gasteiger partial charge in [-0.1, -0.05) is 42.5 Å². The summed E-state index contributed by atoms with van der Waals surface area (Å²) in [4.78, 5) is 27.0. The molecular weight excluding hydrogens is 516 g/mol. The zero-order valence-electron chi connectivity index (χ0n) is 20.6. The van der Waals surface area contributed by atoms with Gasteiger partial charge in [0.1, 0.15) is 23.3 Å². The number of para-hydroxylation sites is 1. The molecule has 0 saturated carbocycles. The van der Waals surface area contributed by atoms with E-state index in [1.54, 1.807) is 49.4 Å². The van der Waals surface area contributed by atoms with Gasteiger partial charge in [-0.05, 0) is 48.4 Å². The minimum atomic E-state index is -3.87. The highest BCUT2D eigenvalue weighted by molar-refractivity contribution is 7.89. The number of anilines is 2. The van der Waals surface area contributed by atoms with Crippen LogP contribution in [0.25, 0.3) is 27.7 Å². The Labute approximate surface area is 223 Å². The maximum atomic E-state index is 14.2. The number of nitrogens with two attached hydrogens (primary N) is 2. The van der Waals surface area contributed by atoms with Crippen LogP contribution in [0.5, 0.6) is 0 Å². The summed E-state index contributed by atoms with van der Waals surface area (Å²) in [5.74, 6) is 0.588. The molecule has 0 spiro atoms. The molecule has 5 aromatic rings. The number of nitriles is 1. The molecular formula is C27H22N8O3S. The van der Waals surface area contributed by atoms with Crippen molar-refractivity contribution in [1.29, 1.82) is 5.26 Å². The number of hydrogen-bond donors (Lipinski definition) is 3. The van der Waals surface area contributed by atoms with Crippen LogP contribution < -0.4 is 21.7 Å². The van der Waals surface area contributed by atoms with Crippen molar-refractivity contribution in [3.63, 3.8) is 0 Å². The van der Waals surface area contributed by atoms with Crippen LogP contribution >= 0.6 is 0 Å². The summed E-state index contributed by atoms with van der Waals surface area (Å²) in [5.41, 5.74) is 7.83. The van der Waals surface area contributed by atoms with Crippen LogP contribution in [0.15, 0.2) is 88.7 Å². The first-order valence-corrected chi connectivity index (χ1v) is 13.3. The Bertz CT molecular complexity index is 1920. The number of fused-ring (bicyclic) bond motifs is 1. The van der Waals surface area contributed by atoms with E-state index in [0.29, 0.717) is 33.5 Å². The van der Waals surface area contributed by atoms with Crippen molar-refractivity contribution in [3.05, 3.63) is 101 Å². The van der Waals surface area contributed by atoms with Crippen LogP contribution in [0.2, 0.25) is 0 Å². The molecule has 1 atom stereocenters. The molecule has 5 rings (SSSR count). The summed E-state index contributed by atoms with van der Waals surface area (Å²) < 4.78 is 24.9. The topological polar surface area (TPSA) is 183 Å². The Morgan fingerprint density at radius 1 is 1.00 bits per heavy atom. The third-order valence-electron chi connectivity index (χ3n) is 6.10. The summed E-state index contributed by atoms with van der Waals surface area (Å²) in [5, 5.41) is 18.2. The fourth-order valence-corrected chi connectivity index (χ4v) is 4.80. The lowest BCUT2D eigenvalue weighted by atomic mass is 10.0. The first-order valence-electron chi connectivity index (χ1n) is 11.7. The van der Waals surface area contributed by atoms with Gasteiger partial charge in [0.25, 0.3) is 5.56 Å². The molecule has 39 heavy (non-hydrogen) atoms. The number of nitrogens with zero attached hydrogens (tertiary/aromatic N) is 5. The van der Waals surface area contributed by atoms with E-state index in [9.17, 15) is 18.5 Å². The number of nitrogen functional groups attached to an aromatic ring is 1. The lowest BCUT2D eigenvalue weighted by molar-refractivity contribution is 0.598. The molecule has 1 unspecified atom stereocenters. The van der Waals surface area contributed by atoms with Gasteiger partial charge in [0, 0.05) is 0 Å². The summed E-state index contributed by atoms with van der Waals surface area (Å²) in [6.45, 7) is 1.79. The molecule has 0 fully saturated rings. The van der Waals surface area contributed by atoms with E-state index in [0.717, 1.165) is 0 Å². The molecule has 2 aromatic heterocycles. The molecule has 3 aromatic carbocycles. The minimum absolute atomic E-state index is 0.00582. The summed E-state index contributed by atoms with van der Waals surface area (Å²) in [6, 6.07) is 21.7. The van der Waals surface area contributed by atoms with E-state index >= 15 is 0 Å². The summed E-state index contributed by atoms with van der Waals surface area (Å²) in [7, 11) is -3.87. The molecule has 194 valence electrons. The van der Waals surface area contributed by atoms with Crippen molar-refractivity contribution in [2.75, 3.05) is 11.1 Å². The van der Waals surface area contributed by atoms with Gasteiger partial charge in [0.05, 0.1) is 33.7 Å². The highest BCUT2D eigenvalue weighted by Crippen LogP contribution is 2.29. The van der Waals surface area contributed by atoms with Gasteiger partial charge in [-0.2, -0.15) is 10.2 Å². The predicted octanol–water partition coefficient (Wildman–Crippen LogP) is 3.12. The molecule has 0 aliphatic heterocycles. The van der Waals surface area contributed by atoms with Gasteiger partial charge in [0.2, 0.25) is 16.0 Å². The van der Waals surface area contributed by atoms with E-state index in [2.05, 4.69) is 15.3 Å². The fourth-order valence-electron chi connectivity index (χ4n) is 4.29. The molecule has 0 radical (unpaired) electrons. The number of nitrogens with one attached hydrogen (secondary N) is 1. The Kier molecular flexibility index (Phi) is 6.53. The summed E-state index contributed by atoms with van der Waals surface area (Å²) >= 11 is 0. The second-order valence-corrected chi connectivity index (χ2v) is 10.2. The van der Waals surface area contributed by atoms with Crippen molar-refractivity contribution >= 4 is 32.7 Å². The SMILES string of the molecule is CC(Nc1nc(N)ncc1C#N)c1nc2cccc(-c3ccc(S(N)(=O)=O)cc3)c2c(=O)n1-c1ccccc1. The predicted molar refractivity (Wildman–Crippen MR) is 147 cm³/mol. The number of rotatable bonds is 6. The van der Waals surface area contributed by atoms with Gasteiger partial charge in [0.15, 0.2) is 0 Å². The monoisotopic (exact) mass is 538 g/mol. The van der Waals surface area contributed by atoms with Crippen LogP contribution in [0.1, 0.15) is 24.4 Å². The third kappa shape index (κ3) is 4.91. The zero-order valence-corrected chi connectivity index (χ0v) is 21.4. The number of hydrogen-bond acceptors (Lipinski definition) is 9. The number of sulfonamides is 1. The molecule has 0 saturated heterocycles. The molecule has 0 aliphatic carbocycles. The summed E-state index contributed by atoms with van der Waals surface area (Å²) in [6.07, 6.45) is 1.32.